The lowest BCUT2D eigenvalue weighted by atomic mass is 10.2. The molecular formula is C14H17FN4. The van der Waals surface area contributed by atoms with Gasteiger partial charge in [-0.05, 0) is 13.1 Å². The maximum absolute atomic E-state index is 13.6. The minimum absolute atomic E-state index is 0.207. The molecule has 2 rings (SSSR count). The fourth-order valence-corrected chi connectivity index (χ4v) is 1.79. The van der Waals surface area contributed by atoms with Gasteiger partial charge in [-0.1, -0.05) is 18.2 Å². The van der Waals surface area contributed by atoms with Crippen molar-refractivity contribution in [2.45, 2.75) is 13.1 Å². The Bertz CT molecular complexity index is 527. The Morgan fingerprint density at radius 2 is 1.89 bits per heavy atom. The molecular weight excluding hydrogens is 243 g/mol. The van der Waals surface area contributed by atoms with Crippen LogP contribution in [0.25, 0.3) is 0 Å². The Balaban J connectivity index is 2.07. The highest BCUT2D eigenvalue weighted by Crippen LogP contribution is 2.12. The van der Waals surface area contributed by atoms with Crippen molar-refractivity contribution in [2.75, 3.05) is 19.0 Å². The van der Waals surface area contributed by atoms with Crippen molar-refractivity contribution in [1.29, 1.82) is 0 Å². The van der Waals surface area contributed by atoms with Crippen molar-refractivity contribution in [3.63, 3.8) is 0 Å². The van der Waals surface area contributed by atoms with E-state index in [1.807, 2.05) is 25.1 Å². The molecule has 19 heavy (non-hydrogen) atoms. The molecule has 1 N–H and O–H groups in total. The molecule has 5 heteroatoms. The molecule has 0 spiro atoms. The molecule has 100 valence electrons. The average molecular weight is 260 g/mol. The van der Waals surface area contributed by atoms with Gasteiger partial charge in [-0.15, -0.1) is 0 Å². The summed E-state index contributed by atoms with van der Waals surface area (Å²) in [5, 5.41) is 3.04. The molecule has 1 heterocycles. The van der Waals surface area contributed by atoms with Gasteiger partial charge in [0.25, 0.3) is 0 Å². The van der Waals surface area contributed by atoms with Crippen molar-refractivity contribution < 1.29 is 4.39 Å². The highest BCUT2D eigenvalue weighted by molar-refractivity contribution is 5.31. The fraction of sp³-hybridized carbons (Fsp3) is 0.286. The zero-order chi connectivity index (χ0) is 13.7. The van der Waals surface area contributed by atoms with Crippen molar-refractivity contribution in [1.82, 2.24) is 15.3 Å². The second kappa shape index (κ2) is 6.24. The summed E-state index contributed by atoms with van der Waals surface area (Å²) in [6.07, 6.45) is 3.55. The van der Waals surface area contributed by atoms with Crippen LogP contribution in [0.1, 0.15) is 11.1 Å². The summed E-state index contributed by atoms with van der Waals surface area (Å²) >= 11 is 0. The Labute approximate surface area is 112 Å². The molecule has 1 aromatic carbocycles. The smallest absolute Gasteiger partial charge is 0.225 e. The highest BCUT2D eigenvalue weighted by Gasteiger charge is 2.08. The molecule has 0 fully saturated rings. The number of nitrogens with zero attached hydrogens (tertiary/aromatic N) is 3. The molecule has 4 nitrogen and oxygen atoms in total. The van der Waals surface area contributed by atoms with E-state index in [1.54, 1.807) is 24.5 Å². The third kappa shape index (κ3) is 3.48. The molecule has 0 amide bonds. The van der Waals surface area contributed by atoms with E-state index in [1.165, 1.54) is 6.07 Å². The van der Waals surface area contributed by atoms with E-state index < -0.39 is 0 Å². The first-order valence-corrected chi connectivity index (χ1v) is 6.11. The quantitative estimate of drug-likeness (QED) is 0.892. The topological polar surface area (TPSA) is 41.1 Å². The first kappa shape index (κ1) is 13.4. The predicted molar refractivity (Wildman–Crippen MR) is 73.3 cm³/mol. The second-order valence-corrected chi connectivity index (χ2v) is 4.37. The fourth-order valence-electron chi connectivity index (χ4n) is 1.79. The summed E-state index contributed by atoms with van der Waals surface area (Å²) in [6, 6.07) is 6.73. The van der Waals surface area contributed by atoms with Gasteiger partial charge in [-0.2, -0.15) is 0 Å². The zero-order valence-corrected chi connectivity index (χ0v) is 11.1. The lowest BCUT2D eigenvalue weighted by molar-refractivity contribution is 0.607. The van der Waals surface area contributed by atoms with Gasteiger partial charge in [0.1, 0.15) is 5.82 Å². The van der Waals surface area contributed by atoms with Crippen molar-refractivity contribution >= 4 is 5.95 Å². The number of hydrogen-bond acceptors (Lipinski definition) is 4. The van der Waals surface area contributed by atoms with E-state index in [0.717, 1.165) is 12.1 Å². The number of aromatic nitrogens is 2. The minimum atomic E-state index is -0.207. The lowest BCUT2D eigenvalue weighted by Gasteiger charge is -2.17. The number of rotatable bonds is 5. The Morgan fingerprint density at radius 3 is 2.53 bits per heavy atom. The van der Waals surface area contributed by atoms with Crippen LogP contribution in [0.5, 0.6) is 0 Å². The Morgan fingerprint density at radius 1 is 1.21 bits per heavy atom. The number of halogens is 1. The first-order valence-electron chi connectivity index (χ1n) is 6.11. The van der Waals surface area contributed by atoms with Crippen molar-refractivity contribution in [3.05, 3.63) is 53.6 Å². The van der Waals surface area contributed by atoms with Crippen molar-refractivity contribution in [3.8, 4) is 0 Å². The van der Waals surface area contributed by atoms with Crippen LogP contribution in [0.15, 0.2) is 36.7 Å². The molecule has 0 atom stereocenters. The summed E-state index contributed by atoms with van der Waals surface area (Å²) in [6.45, 7) is 1.18. The van der Waals surface area contributed by atoms with E-state index in [9.17, 15) is 4.39 Å². The third-order valence-electron chi connectivity index (χ3n) is 2.78. The van der Waals surface area contributed by atoms with Crippen LogP contribution in [0.3, 0.4) is 0 Å². The number of anilines is 1. The molecule has 0 bridgehead atoms. The molecule has 0 saturated heterocycles. The van der Waals surface area contributed by atoms with E-state index >= 15 is 0 Å². The van der Waals surface area contributed by atoms with Gasteiger partial charge < -0.3 is 10.2 Å². The van der Waals surface area contributed by atoms with E-state index in [-0.39, 0.29) is 5.82 Å². The van der Waals surface area contributed by atoms with Crippen LogP contribution in [-0.2, 0) is 13.1 Å². The zero-order valence-electron chi connectivity index (χ0n) is 11.1. The van der Waals surface area contributed by atoms with Gasteiger partial charge >= 0.3 is 0 Å². The summed E-state index contributed by atoms with van der Waals surface area (Å²) in [5.74, 6) is 0.379. The van der Waals surface area contributed by atoms with Gasteiger partial charge in [0.2, 0.25) is 5.95 Å². The predicted octanol–water partition coefficient (Wildman–Crippen LogP) is 1.97. The highest BCUT2D eigenvalue weighted by atomic mass is 19.1. The molecule has 0 aliphatic carbocycles. The average Bonchev–Trinajstić information content (AvgIpc) is 2.42. The molecule has 0 aliphatic rings. The Kier molecular flexibility index (Phi) is 4.41. The SMILES string of the molecule is CNCc1cnc(N(C)Cc2ccccc2F)nc1. The van der Waals surface area contributed by atoms with E-state index in [0.29, 0.717) is 18.1 Å². The second-order valence-electron chi connectivity index (χ2n) is 4.37. The largest absolute Gasteiger partial charge is 0.339 e. The molecule has 0 unspecified atom stereocenters. The van der Waals surface area contributed by atoms with Gasteiger partial charge in [-0.25, -0.2) is 14.4 Å². The Hall–Kier alpha value is -2.01. The maximum Gasteiger partial charge on any atom is 0.225 e. The van der Waals surface area contributed by atoms with Crippen LogP contribution in [0.4, 0.5) is 10.3 Å². The van der Waals surface area contributed by atoms with Gasteiger partial charge in [0.05, 0.1) is 0 Å². The lowest BCUT2D eigenvalue weighted by Crippen LogP contribution is -2.20. The summed E-state index contributed by atoms with van der Waals surface area (Å²) in [5.41, 5.74) is 1.65. The van der Waals surface area contributed by atoms with Gasteiger partial charge in [0, 0.05) is 43.7 Å². The first-order chi connectivity index (χ1) is 9.20. The number of benzene rings is 1. The molecule has 0 saturated carbocycles. The third-order valence-corrected chi connectivity index (χ3v) is 2.78. The summed E-state index contributed by atoms with van der Waals surface area (Å²) < 4.78 is 13.6. The normalized spacial score (nSPS) is 10.5. The van der Waals surface area contributed by atoms with E-state index in [4.69, 9.17) is 0 Å². The monoisotopic (exact) mass is 260 g/mol. The van der Waals surface area contributed by atoms with Crippen LogP contribution in [0, 0.1) is 5.82 Å². The van der Waals surface area contributed by atoms with Crippen LogP contribution < -0.4 is 10.2 Å². The number of nitrogens with one attached hydrogen (secondary N) is 1. The van der Waals surface area contributed by atoms with Crippen LogP contribution in [0.2, 0.25) is 0 Å². The molecule has 1 aromatic heterocycles. The molecule has 2 aromatic rings. The van der Waals surface area contributed by atoms with Crippen LogP contribution in [-0.4, -0.2) is 24.1 Å². The molecule has 0 aliphatic heterocycles. The molecule has 0 radical (unpaired) electrons. The van der Waals surface area contributed by atoms with Crippen molar-refractivity contribution in [2.24, 2.45) is 0 Å². The standard InChI is InChI=1S/C14H17FN4/c1-16-7-11-8-17-14(18-9-11)19(2)10-12-5-3-4-6-13(12)15/h3-6,8-9,16H,7,10H2,1-2H3. The summed E-state index contributed by atoms with van der Waals surface area (Å²) in [4.78, 5) is 10.4. The van der Waals surface area contributed by atoms with Gasteiger partial charge in [-0.3, -0.25) is 0 Å². The van der Waals surface area contributed by atoms with Crippen LogP contribution >= 0.6 is 0 Å². The van der Waals surface area contributed by atoms with E-state index in [2.05, 4.69) is 15.3 Å². The van der Waals surface area contributed by atoms with Gasteiger partial charge in [0.15, 0.2) is 0 Å². The summed E-state index contributed by atoms with van der Waals surface area (Å²) in [7, 11) is 3.72. The minimum Gasteiger partial charge on any atom is -0.339 e. The maximum atomic E-state index is 13.6. The number of hydrogen-bond donors (Lipinski definition) is 1.